The Morgan fingerprint density at radius 2 is 1.87 bits per heavy atom. The predicted octanol–water partition coefficient (Wildman–Crippen LogP) is 2.18. The van der Waals surface area contributed by atoms with E-state index in [1.165, 1.54) is 6.42 Å². The molecule has 0 atom stereocenters. The number of hydrogen-bond acceptors (Lipinski definition) is 2. The molecule has 0 saturated carbocycles. The fourth-order valence-electron chi connectivity index (χ4n) is 2.33. The highest BCUT2D eigenvalue weighted by atomic mass is 15.2. The smallest absolute Gasteiger partial charge is 0.0958 e. The van der Waals surface area contributed by atoms with E-state index in [2.05, 4.69) is 37.5 Å². The van der Waals surface area contributed by atoms with Gasteiger partial charge in [-0.15, -0.1) is 0 Å². The van der Waals surface area contributed by atoms with Crippen LogP contribution in [0.2, 0.25) is 0 Å². The van der Waals surface area contributed by atoms with Gasteiger partial charge in [0.15, 0.2) is 0 Å². The Balaban J connectivity index is 2.36. The summed E-state index contributed by atoms with van der Waals surface area (Å²) in [5, 5.41) is 7.77. The zero-order chi connectivity index (χ0) is 11.4. The van der Waals surface area contributed by atoms with Gasteiger partial charge in [0.1, 0.15) is 0 Å². The van der Waals surface area contributed by atoms with E-state index in [0.29, 0.717) is 12.1 Å². The number of nitrogens with one attached hydrogen (secondary N) is 1. The normalized spacial score (nSPS) is 17.5. The van der Waals surface area contributed by atoms with Crippen molar-refractivity contribution in [2.24, 2.45) is 0 Å². The monoisotopic (exact) mass is 211 g/mol. The quantitative estimate of drug-likeness (QED) is 0.755. The summed E-state index contributed by atoms with van der Waals surface area (Å²) in [4.78, 5) is 4.71. The molecule has 1 N–H and O–H groups in total. The van der Waals surface area contributed by atoms with Gasteiger partial charge >= 0.3 is 0 Å². The average molecular weight is 211 g/mol. The number of rotatable bonds is 5. The SMILES string of the molecule is CC(C)N(CCN1CCCC1=N)C(C)C. The van der Waals surface area contributed by atoms with E-state index in [0.717, 1.165) is 31.9 Å². The molecule has 88 valence electrons. The molecule has 0 bridgehead atoms. The highest BCUT2D eigenvalue weighted by Gasteiger charge is 2.19. The summed E-state index contributed by atoms with van der Waals surface area (Å²) in [6, 6.07) is 1.20. The van der Waals surface area contributed by atoms with Crippen molar-refractivity contribution < 1.29 is 0 Å². The summed E-state index contributed by atoms with van der Waals surface area (Å²) in [5.41, 5.74) is 0. The zero-order valence-corrected chi connectivity index (χ0v) is 10.6. The molecule has 0 spiro atoms. The minimum atomic E-state index is 0.599. The molecule has 1 fully saturated rings. The Bertz CT molecular complexity index is 203. The molecule has 0 aromatic carbocycles. The van der Waals surface area contributed by atoms with Crippen molar-refractivity contribution in [1.82, 2.24) is 9.80 Å². The fraction of sp³-hybridized carbons (Fsp3) is 0.917. The lowest BCUT2D eigenvalue weighted by Crippen LogP contribution is -2.42. The second kappa shape index (κ2) is 5.50. The van der Waals surface area contributed by atoms with Crippen LogP contribution in [0.1, 0.15) is 40.5 Å². The van der Waals surface area contributed by atoms with Crippen LogP contribution in [0, 0.1) is 5.41 Å². The zero-order valence-electron chi connectivity index (χ0n) is 10.6. The van der Waals surface area contributed by atoms with Crippen LogP contribution in [0.15, 0.2) is 0 Å². The predicted molar refractivity (Wildman–Crippen MR) is 65.5 cm³/mol. The van der Waals surface area contributed by atoms with Crippen molar-refractivity contribution in [2.75, 3.05) is 19.6 Å². The lowest BCUT2D eigenvalue weighted by atomic mass is 10.2. The highest BCUT2D eigenvalue weighted by molar-refractivity contribution is 5.80. The summed E-state index contributed by atoms with van der Waals surface area (Å²) < 4.78 is 0. The van der Waals surface area contributed by atoms with Gasteiger partial charge in [0, 0.05) is 38.1 Å². The molecule has 0 aliphatic carbocycles. The summed E-state index contributed by atoms with van der Waals surface area (Å²) in [6.45, 7) is 12.2. The molecule has 1 aliphatic heterocycles. The Hall–Kier alpha value is -0.570. The topological polar surface area (TPSA) is 30.3 Å². The number of hydrogen-bond donors (Lipinski definition) is 1. The first-order valence-corrected chi connectivity index (χ1v) is 6.10. The third-order valence-corrected chi connectivity index (χ3v) is 3.18. The largest absolute Gasteiger partial charge is 0.359 e. The molecular weight excluding hydrogens is 186 g/mol. The summed E-state index contributed by atoms with van der Waals surface area (Å²) in [6.07, 6.45) is 2.14. The summed E-state index contributed by atoms with van der Waals surface area (Å²) in [5.74, 6) is 0.836. The molecular formula is C12H25N3. The maximum Gasteiger partial charge on any atom is 0.0958 e. The first kappa shape index (κ1) is 12.5. The standard InChI is InChI=1S/C12H25N3/c1-10(2)15(11(3)4)9-8-14-7-5-6-12(14)13/h10-11,13H,5-9H2,1-4H3. The van der Waals surface area contributed by atoms with Crippen LogP contribution in [0.3, 0.4) is 0 Å². The van der Waals surface area contributed by atoms with Gasteiger partial charge in [-0.05, 0) is 34.1 Å². The summed E-state index contributed by atoms with van der Waals surface area (Å²) >= 11 is 0. The molecule has 0 aromatic heterocycles. The van der Waals surface area contributed by atoms with Gasteiger partial charge in [-0.3, -0.25) is 10.3 Å². The van der Waals surface area contributed by atoms with Gasteiger partial charge in [0.25, 0.3) is 0 Å². The van der Waals surface area contributed by atoms with E-state index < -0.39 is 0 Å². The van der Waals surface area contributed by atoms with E-state index in [4.69, 9.17) is 5.41 Å². The van der Waals surface area contributed by atoms with E-state index in [9.17, 15) is 0 Å². The van der Waals surface area contributed by atoms with Crippen molar-refractivity contribution in [1.29, 1.82) is 5.41 Å². The molecule has 0 amide bonds. The molecule has 1 rings (SSSR count). The van der Waals surface area contributed by atoms with Gasteiger partial charge < -0.3 is 4.90 Å². The van der Waals surface area contributed by atoms with Crippen molar-refractivity contribution in [3.63, 3.8) is 0 Å². The molecule has 1 saturated heterocycles. The van der Waals surface area contributed by atoms with Gasteiger partial charge in [0.05, 0.1) is 5.84 Å². The van der Waals surface area contributed by atoms with Crippen molar-refractivity contribution in [2.45, 2.75) is 52.6 Å². The van der Waals surface area contributed by atoms with Crippen molar-refractivity contribution in [3.8, 4) is 0 Å². The second-order valence-electron chi connectivity index (χ2n) is 4.96. The van der Waals surface area contributed by atoms with E-state index in [-0.39, 0.29) is 0 Å². The Morgan fingerprint density at radius 1 is 1.27 bits per heavy atom. The van der Waals surface area contributed by atoms with Gasteiger partial charge in [-0.2, -0.15) is 0 Å². The number of likely N-dealkylation sites (tertiary alicyclic amines) is 1. The van der Waals surface area contributed by atoms with Crippen LogP contribution in [0.25, 0.3) is 0 Å². The van der Waals surface area contributed by atoms with Crippen LogP contribution in [-0.4, -0.2) is 47.4 Å². The molecule has 1 heterocycles. The van der Waals surface area contributed by atoms with E-state index in [1.54, 1.807) is 0 Å². The Morgan fingerprint density at radius 3 is 2.27 bits per heavy atom. The molecule has 3 nitrogen and oxygen atoms in total. The van der Waals surface area contributed by atoms with Crippen molar-refractivity contribution >= 4 is 5.84 Å². The van der Waals surface area contributed by atoms with Gasteiger partial charge in [-0.1, -0.05) is 0 Å². The summed E-state index contributed by atoms with van der Waals surface area (Å²) in [7, 11) is 0. The van der Waals surface area contributed by atoms with Crippen LogP contribution in [0.4, 0.5) is 0 Å². The van der Waals surface area contributed by atoms with E-state index in [1.807, 2.05) is 0 Å². The lowest BCUT2D eigenvalue weighted by Gasteiger charge is -2.32. The second-order valence-corrected chi connectivity index (χ2v) is 4.96. The molecule has 0 radical (unpaired) electrons. The number of nitrogens with zero attached hydrogens (tertiary/aromatic N) is 2. The van der Waals surface area contributed by atoms with Crippen LogP contribution in [0.5, 0.6) is 0 Å². The minimum Gasteiger partial charge on any atom is -0.359 e. The molecule has 15 heavy (non-hydrogen) atoms. The van der Waals surface area contributed by atoms with Crippen molar-refractivity contribution in [3.05, 3.63) is 0 Å². The molecule has 3 heteroatoms. The Labute approximate surface area is 94.0 Å². The highest BCUT2D eigenvalue weighted by Crippen LogP contribution is 2.11. The molecule has 1 aliphatic rings. The van der Waals surface area contributed by atoms with Gasteiger partial charge in [-0.25, -0.2) is 0 Å². The average Bonchev–Trinajstić information content (AvgIpc) is 2.51. The Kier molecular flexibility index (Phi) is 4.58. The maximum atomic E-state index is 7.77. The first-order valence-electron chi connectivity index (χ1n) is 6.10. The van der Waals surface area contributed by atoms with Gasteiger partial charge in [0.2, 0.25) is 0 Å². The minimum absolute atomic E-state index is 0.599. The third kappa shape index (κ3) is 3.49. The third-order valence-electron chi connectivity index (χ3n) is 3.18. The maximum absolute atomic E-state index is 7.77. The number of amidine groups is 1. The fourth-order valence-corrected chi connectivity index (χ4v) is 2.33. The molecule has 0 unspecified atom stereocenters. The molecule has 0 aromatic rings. The van der Waals surface area contributed by atoms with Crippen LogP contribution in [-0.2, 0) is 0 Å². The van der Waals surface area contributed by atoms with E-state index >= 15 is 0 Å². The first-order chi connectivity index (χ1) is 7.02. The van der Waals surface area contributed by atoms with Crippen LogP contribution < -0.4 is 0 Å². The van der Waals surface area contributed by atoms with Crippen LogP contribution >= 0.6 is 0 Å². The lowest BCUT2D eigenvalue weighted by molar-refractivity contribution is 0.163.